The lowest BCUT2D eigenvalue weighted by molar-refractivity contribution is 0.0655. The van der Waals surface area contributed by atoms with E-state index in [4.69, 9.17) is 4.74 Å². The first-order valence-electron chi connectivity index (χ1n) is 10.4. The van der Waals surface area contributed by atoms with Crippen LogP contribution in [0.4, 0.5) is 0 Å². The predicted molar refractivity (Wildman–Crippen MR) is 110 cm³/mol. The molecule has 0 radical (unpaired) electrons. The molecule has 1 amide bonds. The van der Waals surface area contributed by atoms with Crippen LogP contribution >= 0.6 is 0 Å². The predicted octanol–water partition coefficient (Wildman–Crippen LogP) is 3.83. The number of hydrogen-bond acceptors (Lipinski definition) is 5. The van der Waals surface area contributed by atoms with Gasteiger partial charge in [-0.2, -0.15) is 5.10 Å². The summed E-state index contributed by atoms with van der Waals surface area (Å²) in [5, 5.41) is 10.4. The van der Waals surface area contributed by atoms with Gasteiger partial charge >= 0.3 is 0 Å². The van der Waals surface area contributed by atoms with Crippen LogP contribution < -0.4 is 4.74 Å². The van der Waals surface area contributed by atoms with Crippen LogP contribution in [-0.4, -0.2) is 45.7 Å². The van der Waals surface area contributed by atoms with Crippen LogP contribution in [0.15, 0.2) is 48.7 Å². The van der Waals surface area contributed by atoms with Crippen LogP contribution in [-0.2, 0) is 0 Å². The van der Waals surface area contributed by atoms with Crippen molar-refractivity contribution in [1.82, 2.24) is 20.1 Å². The third-order valence-electron chi connectivity index (χ3n) is 5.90. The van der Waals surface area contributed by atoms with Crippen molar-refractivity contribution in [3.63, 3.8) is 0 Å². The molecule has 6 nitrogen and oxygen atoms in total. The molecule has 0 unspecified atom stereocenters. The summed E-state index contributed by atoms with van der Waals surface area (Å²) in [6.07, 6.45) is 6.00. The SMILES string of the molecule is O=C(c1nccc2ccccc12)N1CCC(COc2ccc(C3CC3)nn2)CC1. The van der Waals surface area contributed by atoms with Crippen LogP contribution in [0.2, 0.25) is 0 Å². The van der Waals surface area contributed by atoms with Gasteiger partial charge in [0.05, 0.1) is 12.3 Å². The van der Waals surface area contributed by atoms with E-state index in [0.29, 0.717) is 30.0 Å². The highest BCUT2D eigenvalue weighted by Gasteiger charge is 2.27. The number of rotatable bonds is 5. The molecule has 6 heteroatoms. The summed E-state index contributed by atoms with van der Waals surface area (Å²) < 4.78 is 5.85. The highest BCUT2D eigenvalue weighted by atomic mass is 16.5. The molecule has 1 saturated carbocycles. The lowest BCUT2D eigenvalue weighted by Crippen LogP contribution is -2.40. The molecule has 5 rings (SSSR count). The van der Waals surface area contributed by atoms with Crippen LogP contribution in [0.3, 0.4) is 0 Å². The highest BCUT2D eigenvalue weighted by Crippen LogP contribution is 2.38. The van der Waals surface area contributed by atoms with Gasteiger partial charge in [0, 0.05) is 36.7 Å². The molecule has 2 aliphatic rings. The Kier molecular flexibility index (Phi) is 4.84. The number of likely N-dealkylation sites (tertiary alicyclic amines) is 1. The summed E-state index contributed by atoms with van der Waals surface area (Å²) >= 11 is 0. The summed E-state index contributed by atoms with van der Waals surface area (Å²) in [6, 6.07) is 13.8. The topological polar surface area (TPSA) is 68.2 Å². The maximum absolute atomic E-state index is 13.0. The van der Waals surface area contributed by atoms with Gasteiger partial charge in [0.15, 0.2) is 0 Å². The van der Waals surface area contributed by atoms with Gasteiger partial charge in [-0.3, -0.25) is 9.78 Å². The Morgan fingerprint density at radius 2 is 1.83 bits per heavy atom. The van der Waals surface area contributed by atoms with Gasteiger partial charge in [0.25, 0.3) is 5.91 Å². The molecule has 0 bridgehead atoms. The minimum atomic E-state index is 0.0164. The molecule has 1 aliphatic heterocycles. The molecule has 0 atom stereocenters. The number of benzene rings is 1. The number of fused-ring (bicyclic) bond motifs is 1. The number of nitrogens with zero attached hydrogens (tertiary/aromatic N) is 4. The average Bonchev–Trinajstić information content (AvgIpc) is 3.63. The van der Waals surface area contributed by atoms with E-state index in [9.17, 15) is 4.79 Å². The van der Waals surface area contributed by atoms with Gasteiger partial charge < -0.3 is 9.64 Å². The smallest absolute Gasteiger partial charge is 0.273 e. The first kappa shape index (κ1) is 18.0. The lowest BCUT2D eigenvalue weighted by atomic mass is 9.97. The number of hydrogen-bond donors (Lipinski definition) is 0. The van der Waals surface area contributed by atoms with Gasteiger partial charge in [0.2, 0.25) is 5.88 Å². The zero-order valence-corrected chi connectivity index (χ0v) is 16.3. The molecule has 29 heavy (non-hydrogen) atoms. The summed E-state index contributed by atoms with van der Waals surface area (Å²) in [5.41, 5.74) is 1.62. The zero-order chi connectivity index (χ0) is 19.6. The minimum absolute atomic E-state index is 0.0164. The van der Waals surface area contributed by atoms with E-state index in [1.807, 2.05) is 47.4 Å². The molecule has 2 aromatic heterocycles. The third kappa shape index (κ3) is 3.92. The third-order valence-corrected chi connectivity index (χ3v) is 5.90. The zero-order valence-electron chi connectivity index (χ0n) is 16.3. The Morgan fingerprint density at radius 3 is 2.59 bits per heavy atom. The summed E-state index contributed by atoms with van der Waals surface area (Å²) in [4.78, 5) is 19.3. The van der Waals surface area contributed by atoms with E-state index >= 15 is 0 Å². The molecule has 3 aromatic rings. The van der Waals surface area contributed by atoms with Crippen molar-refractivity contribution in [1.29, 1.82) is 0 Å². The van der Waals surface area contributed by atoms with Crippen molar-refractivity contribution in [2.24, 2.45) is 5.92 Å². The molecular formula is C23H24N4O2. The van der Waals surface area contributed by atoms with E-state index < -0.39 is 0 Å². The molecule has 0 N–H and O–H groups in total. The molecule has 1 saturated heterocycles. The number of ether oxygens (including phenoxy) is 1. The molecule has 0 spiro atoms. The van der Waals surface area contributed by atoms with Gasteiger partial charge in [0.1, 0.15) is 5.69 Å². The van der Waals surface area contributed by atoms with Crippen molar-refractivity contribution >= 4 is 16.7 Å². The van der Waals surface area contributed by atoms with Crippen molar-refractivity contribution in [3.8, 4) is 5.88 Å². The van der Waals surface area contributed by atoms with Crippen molar-refractivity contribution in [2.75, 3.05) is 19.7 Å². The first-order valence-corrected chi connectivity index (χ1v) is 10.4. The molecule has 3 heterocycles. The fourth-order valence-electron chi connectivity index (χ4n) is 3.95. The highest BCUT2D eigenvalue weighted by molar-refractivity contribution is 6.05. The normalized spacial score (nSPS) is 17.4. The largest absolute Gasteiger partial charge is 0.476 e. The van der Waals surface area contributed by atoms with E-state index in [2.05, 4.69) is 15.2 Å². The molecule has 1 aliphatic carbocycles. The van der Waals surface area contributed by atoms with Crippen molar-refractivity contribution in [3.05, 3.63) is 60.0 Å². The quantitative estimate of drug-likeness (QED) is 0.664. The summed E-state index contributed by atoms with van der Waals surface area (Å²) in [5.74, 6) is 1.63. The van der Waals surface area contributed by atoms with Gasteiger partial charge in [-0.25, -0.2) is 0 Å². The molecule has 1 aromatic carbocycles. The van der Waals surface area contributed by atoms with E-state index in [1.165, 1.54) is 12.8 Å². The van der Waals surface area contributed by atoms with Crippen molar-refractivity contribution in [2.45, 2.75) is 31.6 Å². The van der Waals surface area contributed by atoms with Crippen molar-refractivity contribution < 1.29 is 9.53 Å². The number of carbonyl (C=O) groups excluding carboxylic acids is 1. The second-order valence-corrected chi connectivity index (χ2v) is 8.00. The van der Waals surface area contributed by atoms with E-state index in [0.717, 1.165) is 42.4 Å². The number of aromatic nitrogens is 3. The molecule has 2 fully saturated rings. The van der Waals surface area contributed by atoms with Gasteiger partial charge in [-0.15, -0.1) is 5.10 Å². The maximum Gasteiger partial charge on any atom is 0.273 e. The average molecular weight is 388 g/mol. The Labute approximate surface area is 169 Å². The fourth-order valence-corrected chi connectivity index (χ4v) is 3.95. The standard InChI is InChI=1S/C23H24N4O2/c28-23(22-19-4-2-1-3-17(19)9-12-24-22)27-13-10-16(11-14-27)15-29-21-8-7-20(25-26-21)18-5-6-18/h1-4,7-9,12,16,18H,5-6,10-11,13-15H2. The summed E-state index contributed by atoms with van der Waals surface area (Å²) in [6.45, 7) is 2.07. The van der Waals surface area contributed by atoms with Crippen LogP contribution in [0.5, 0.6) is 5.88 Å². The number of amides is 1. The second kappa shape index (κ2) is 7.78. The number of piperidine rings is 1. The van der Waals surface area contributed by atoms with Gasteiger partial charge in [-0.05, 0) is 49.1 Å². The Bertz CT molecular complexity index is 1000. The molecule has 148 valence electrons. The van der Waals surface area contributed by atoms with Crippen LogP contribution in [0, 0.1) is 5.92 Å². The summed E-state index contributed by atoms with van der Waals surface area (Å²) in [7, 11) is 0. The van der Waals surface area contributed by atoms with Crippen LogP contribution in [0.1, 0.15) is 47.8 Å². The first-order chi connectivity index (χ1) is 14.3. The Hall–Kier alpha value is -3.02. The monoisotopic (exact) mass is 388 g/mol. The van der Waals surface area contributed by atoms with Gasteiger partial charge in [-0.1, -0.05) is 24.3 Å². The minimum Gasteiger partial charge on any atom is -0.476 e. The Balaban J connectivity index is 1.16. The lowest BCUT2D eigenvalue weighted by Gasteiger charge is -2.31. The Morgan fingerprint density at radius 1 is 1.00 bits per heavy atom. The fraction of sp³-hybridized carbons (Fsp3) is 0.391. The van der Waals surface area contributed by atoms with Crippen LogP contribution in [0.25, 0.3) is 10.8 Å². The number of pyridine rings is 1. The van der Waals surface area contributed by atoms with E-state index in [1.54, 1.807) is 6.20 Å². The maximum atomic E-state index is 13.0. The molecular weight excluding hydrogens is 364 g/mol. The van der Waals surface area contributed by atoms with E-state index in [-0.39, 0.29) is 5.91 Å². The number of carbonyl (C=O) groups is 1. The second-order valence-electron chi connectivity index (χ2n) is 8.00.